The van der Waals surface area contributed by atoms with Gasteiger partial charge in [0.2, 0.25) is 0 Å². The number of carbonyl (C=O) groups excluding carboxylic acids is 1. The summed E-state index contributed by atoms with van der Waals surface area (Å²) < 4.78 is 0. The maximum absolute atomic E-state index is 12.5. The number of likely N-dealkylation sites (tertiary alicyclic amines) is 1. The molecule has 24 heavy (non-hydrogen) atoms. The summed E-state index contributed by atoms with van der Waals surface area (Å²) in [6, 6.07) is 20.6. The van der Waals surface area contributed by atoms with Gasteiger partial charge in [0.05, 0.1) is 6.34 Å². The van der Waals surface area contributed by atoms with Gasteiger partial charge in [-0.15, -0.1) is 0 Å². The summed E-state index contributed by atoms with van der Waals surface area (Å²) in [5.74, 6) is 0.00529. The van der Waals surface area contributed by atoms with Crippen molar-refractivity contribution in [3.05, 3.63) is 66.2 Å². The molecule has 0 saturated carbocycles. The highest BCUT2D eigenvalue weighted by Gasteiger charge is 2.49. The molecule has 4 rings (SSSR count). The van der Waals surface area contributed by atoms with Gasteiger partial charge in [0.15, 0.2) is 0 Å². The van der Waals surface area contributed by atoms with Crippen LogP contribution in [0.15, 0.2) is 65.7 Å². The average Bonchev–Trinajstić information content (AvgIpc) is 2.95. The molecular formula is C20H21N3O. The predicted octanol–water partition coefficient (Wildman–Crippen LogP) is 3.10. The monoisotopic (exact) mass is 319 g/mol. The Labute approximate surface area is 142 Å². The number of para-hydroxylation sites is 1. The molecule has 2 aromatic rings. The Balaban J connectivity index is 1.49. The van der Waals surface area contributed by atoms with Crippen LogP contribution < -0.4 is 4.90 Å². The first-order valence-corrected chi connectivity index (χ1v) is 8.47. The summed E-state index contributed by atoms with van der Waals surface area (Å²) in [6.07, 6.45) is 3.34. The second kappa shape index (κ2) is 6.21. The molecule has 122 valence electrons. The fourth-order valence-corrected chi connectivity index (χ4v) is 3.72. The van der Waals surface area contributed by atoms with Crippen molar-refractivity contribution >= 4 is 17.9 Å². The summed E-state index contributed by atoms with van der Waals surface area (Å²) in [4.78, 5) is 21.2. The van der Waals surface area contributed by atoms with Gasteiger partial charge in [-0.3, -0.25) is 9.69 Å². The minimum atomic E-state index is -0.492. The third kappa shape index (κ3) is 2.63. The summed E-state index contributed by atoms with van der Waals surface area (Å²) in [6.45, 7) is 2.76. The Morgan fingerprint density at radius 1 is 0.917 bits per heavy atom. The van der Waals surface area contributed by atoms with Crippen molar-refractivity contribution in [1.82, 2.24) is 4.90 Å². The normalized spacial score (nSPS) is 20.0. The molecule has 0 aromatic heterocycles. The molecule has 1 saturated heterocycles. The summed E-state index contributed by atoms with van der Waals surface area (Å²) in [5, 5.41) is 0. The number of hydrogen-bond acceptors (Lipinski definition) is 3. The van der Waals surface area contributed by atoms with E-state index in [0.717, 1.165) is 38.2 Å². The highest BCUT2D eigenvalue weighted by Crippen LogP contribution is 2.36. The van der Waals surface area contributed by atoms with Gasteiger partial charge in [0, 0.05) is 25.3 Å². The molecule has 0 atom stereocenters. The lowest BCUT2D eigenvalue weighted by atomic mass is 9.85. The second-order valence-electron chi connectivity index (χ2n) is 6.55. The van der Waals surface area contributed by atoms with Crippen LogP contribution in [0, 0.1) is 0 Å². The number of anilines is 1. The van der Waals surface area contributed by atoms with E-state index < -0.39 is 5.54 Å². The van der Waals surface area contributed by atoms with Crippen LogP contribution in [0.2, 0.25) is 0 Å². The molecule has 4 heteroatoms. The molecule has 2 aromatic carbocycles. The van der Waals surface area contributed by atoms with E-state index in [9.17, 15) is 4.79 Å². The highest BCUT2D eigenvalue weighted by molar-refractivity contribution is 6.08. The van der Waals surface area contributed by atoms with Gasteiger partial charge in [-0.2, -0.15) is 0 Å². The van der Waals surface area contributed by atoms with Crippen molar-refractivity contribution in [3.63, 3.8) is 0 Å². The number of aliphatic imine (C=N–C) groups is 1. The van der Waals surface area contributed by atoms with Gasteiger partial charge >= 0.3 is 0 Å². The van der Waals surface area contributed by atoms with Crippen molar-refractivity contribution in [2.75, 3.05) is 18.0 Å². The number of hydrogen-bond donors (Lipinski definition) is 0. The maximum atomic E-state index is 12.5. The number of amides is 1. The highest BCUT2D eigenvalue weighted by atomic mass is 16.2. The first-order chi connectivity index (χ1) is 11.8. The molecule has 0 bridgehead atoms. The molecule has 0 unspecified atom stereocenters. The van der Waals surface area contributed by atoms with E-state index in [1.54, 1.807) is 6.34 Å². The molecule has 2 aliphatic heterocycles. The van der Waals surface area contributed by atoms with Crippen LogP contribution in [0.5, 0.6) is 0 Å². The molecule has 1 spiro atoms. The van der Waals surface area contributed by atoms with Gasteiger partial charge in [0.1, 0.15) is 5.54 Å². The van der Waals surface area contributed by atoms with Gasteiger partial charge < -0.3 is 4.90 Å². The molecule has 1 amide bonds. The Morgan fingerprint density at radius 3 is 2.21 bits per heavy atom. The fourth-order valence-electron chi connectivity index (χ4n) is 3.72. The van der Waals surface area contributed by atoms with Crippen molar-refractivity contribution in [3.8, 4) is 0 Å². The first kappa shape index (κ1) is 15.1. The van der Waals surface area contributed by atoms with E-state index in [-0.39, 0.29) is 5.91 Å². The van der Waals surface area contributed by atoms with Crippen LogP contribution in [-0.4, -0.2) is 35.8 Å². The molecule has 2 heterocycles. The topological polar surface area (TPSA) is 35.9 Å². The van der Waals surface area contributed by atoms with E-state index in [4.69, 9.17) is 0 Å². The quantitative estimate of drug-likeness (QED) is 0.872. The Hall–Kier alpha value is -2.46. The number of carbonyl (C=O) groups is 1. The van der Waals surface area contributed by atoms with Crippen LogP contribution in [0.25, 0.3) is 0 Å². The van der Waals surface area contributed by atoms with Gasteiger partial charge in [-0.05, 0) is 30.5 Å². The van der Waals surface area contributed by atoms with Gasteiger partial charge in [-0.25, -0.2) is 4.99 Å². The Kier molecular flexibility index (Phi) is 3.90. The minimum Gasteiger partial charge on any atom is -0.317 e. The lowest BCUT2D eigenvalue weighted by Crippen LogP contribution is -2.56. The average molecular weight is 319 g/mol. The third-order valence-corrected chi connectivity index (χ3v) is 5.12. The van der Waals surface area contributed by atoms with E-state index >= 15 is 0 Å². The van der Waals surface area contributed by atoms with E-state index in [1.165, 1.54) is 5.56 Å². The van der Waals surface area contributed by atoms with Crippen molar-refractivity contribution in [2.45, 2.75) is 24.9 Å². The predicted molar refractivity (Wildman–Crippen MR) is 96.1 cm³/mol. The lowest BCUT2D eigenvalue weighted by molar-refractivity contribution is -0.123. The Bertz CT molecular complexity index is 734. The zero-order chi connectivity index (χ0) is 16.4. The standard InChI is InChI=1S/C20H21N3O/c24-19-20(23(16-21-19)18-9-5-2-6-10-18)11-13-22(14-12-20)15-17-7-3-1-4-8-17/h1-10,16H,11-15H2. The summed E-state index contributed by atoms with van der Waals surface area (Å²) in [7, 11) is 0. The Morgan fingerprint density at radius 2 is 1.54 bits per heavy atom. The minimum absolute atomic E-state index is 0.00529. The molecule has 0 N–H and O–H groups in total. The van der Waals surface area contributed by atoms with Crippen molar-refractivity contribution in [2.24, 2.45) is 4.99 Å². The number of rotatable bonds is 3. The van der Waals surface area contributed by atoms with Crippen molar-refractivity contribution < 1.29 is 4.79 Å². The van der Waals surface area contributed by atoms with Gasteiger partial charge in [0.25, 0.3) is 5.91 Å². The zero-order valence-corrected chi connectivity index (χ0v) is 13.6. The SMILES string of the molecule is O=C1N=CN(c2ccccc2)C12CCN(Cc1ccccc1)CC2. The summed E-state index contributed by atoms with van der Waals surface area (Å²) >= 11 is 0. The van der Waals surface area contributed by atoms with Crippen LogP contribution >= 0.6 is 0 Å². The van der Waals surface area contributed by atoms with E-state index in [2.05, 4.69) is 39.1 Å². The maximum Gasteiger partial charge on any atom is 0.273 e. The molecular weight excluding hydrogens is 298 g/mol. The third-order valence-electron chi connectivity index (χ3n) is 5.12. The number of piperidine rings is 1. The van der Waals surface area contributed by atoms with Crippen LogP contribution in [0.1, 0.15) is 18.4 Å². The fraction of sp³-hybridized carbons (Fsp3) is 0.300. The van der Waals surface area contributed by atoms with Crippen LogP contribution in [0.4, 0.5) is 5.69 Å². The smallest absolute Gasteiger partial charge is 0.273 e. The molecule has 0 aliphatic carbocycles. The van der Waals surface area contributed by atoms with E-state index in [0.29, 0.717) is 0 Å². The molecule has 1 fully saturated rings. The van der Waals surface area contributed by atoms with Crippen LogP contribution in [-0.2, 0) is 11.3 Å². The van der Waals surface area contributed by atoms with E-state index in [1.807, 2.05) is 36.4 Å². The molecule has 0 radical (unpaired) electrons. The van der Waals surface area contributed by atoms with Crippen molar-refractivity contribution in [1.29, 1.82) is 0 Å². The zero-order valence-electron chi connectivity index (χ0n) is 13.6. The molecule has 2 aliphatic rings. The first-order valence-electron chi connectivity index (χ1n) is 8.47. The largest absolute Gasteiger partial charge is 0.317 e. The van der Waals surface area contributed by atoms with Crippen LogP contribution in [0.3, 0.4) is 0 Å². The van der Waals surface area contributed by atoms with Gasteiger partial charge in [-0.1, -0.05) is 48.5 Å². The lowest BCUT2D eigenvalue weighted by Gasteiger charge is -2.43. The summed E-state index contributed by atoms with van der Waals surface area (Å²) in [5.41, 5.74) is 1.88. The number of benzene rings is 2. The second-order valence-corrected chi connectivity index (χ2v) is 6.55. The number of nitrogens with zero attached hydrogens (tertiary/aromatic N) is 3. The molecule has 4 nitrogen and oxygen atoms in total.